The standard InChI is InChI=1S/C13H21NO4/c1-9(14-8-13(17-3)18-4)11-6-5-10(16-2)7-12(11)15/h5-7,9,13-15H,8H2,1-4H3. The molecule has 0 radical (unpaired) electrons. The van der Waals surface area contributed by atoms with E-state index < -0.39 is 0 Å². The average molecular weight is 255 g/mol. The highest BCUT2D eigenvalue weighted by Crippen LogP contribution is 2.28. The number of aromatic hydroxyl groups is 1. The first kappa shape index (κ1) is 14.8. The lowest BCUT2D eigenvalue weighted by atomic mass is 10.1. The molecule has 18 heavy (non-hydrogen) atoms. The van der Waals surface area contributed by atoms with Crippen molar-refractivity contribution >= 4 is 0 Å². The molecule has 0 aliphatic rings. The number of methoxy groups -OCH3 is 3. The van der Waals surface area contributed by atoms with Gasteiger partial charge in [-0.25, -0.2) is 0 Å². The first-order chi connectivity index (χ1) is 8.62. The van der Waals surface area contributed by atoms with E-state index in [9.17, 15) is 5.11 Å². The van der Waals surface area contributed by atoms with E-state index in [2.05, 4.69) is 5.32 Å². The summed E-state index contributed by atoms with van der Waals surface area (Å²) in [7, 11) is 4.74. The molecule has 0 bridgehead atoms. The van der Waals surface area contributed by atoms with Crippen LogP contribution in [0.5, 0.6) is 11.5 Å². The van der Waals surface area contributed by atoms with Crippen LogP contribution in [0.25, 0.3) is 0 Å². The van der Waals surface area contributed by atoms with Gasteiger partial charge in [0.2, 0.25) is 0 Å². The van der Waals surface area contributed by atoms with Gasteiger partial charge in [-0.05, 0) is 13.0 Å². The quantitative estimate of drug-likeness (QED) is 0.726. The third-order valence-electron chi connectivity index (χ3n) is 2.82. The lowest BCUT2D eigenvalue weighted by Crippen LogP contribution is -2.31. The molecule has 102 valence electrons. The van der Waals surface area contributed by atoms with E-state index in [0.29, 0.717) is 12.3 Å². The smallest absolute Gasteiger partial charge is 0.169 e. The van der Waals surface area contributed by atoms with Crippen molar-refractivity contribution in [2.75, 3.05) is 27.9 Å². The maximum absolute atomic E-state index is 9.89. The van der Waals surface area contributed by atoms with Gasteiger partial charge in [0.05, 0.1) is 7.11 Å². The number of benzene rings is 1. The Morgan fingerprint density at radius 1 is 1.22 bits per heavy atom. The number of hydrogen-bond acceptors (Lipinski definition) is 5. The second kappa shape index (κ2) is 7.20. The number of rotatable bonds is 7. The zero-order valence-electron chi connectivity index (χ0n) is 11.3. The van der Waals surface area contributed by atoms with Crippen LogP contribution < -0.4 is 10.1 Å². The van der Waals surface area contributed by atoms with Gasteiger partial charge in [0.15, 0.2) is 6.29 Å². The monoisotopic (exact) mass is 255 g/mol. The first-order valence-corrected chi connectivity index (χ1v) is 5.78. The van der Waals surface area contributed by atoms with Crippen LogP contribution in [0.15, 0.2) is 18.2 Å². The first-order valence-electron chi connectivity index (χ1n) is 5.78. The van der Waals surface area contributed by atoms with Gasteiger partial charge < -0.3 is 24.6 Å². The van der Waals surface area contributed by atoms with E-state index >= 15 is 0 Å². The minimum atomic E-state index is -0.298. The molecule has 0 aliphatic heterocycles. The van der Waals surface area contributed by atoms with Crippen LogP contribution in [0.4, 0.5) is 0 Å². The van der Waals surface area contributed by atoms with Crippen LogP contribution in [0.2, 0.25) is 0 Å². The largest absolute Gasteiger partial charge is 0.507 e. The van der Waals surface area contributed by atoms with Crippen molar-refractivity contribution in [3.8, 4) is 11.5 Å². The number of phenols is 1. The maximum Gasteiger partial charge on any atom is 0.169 e. The lowest BCUT2D eigenvalue weighted by Gasteiger charge is -2.19. The van der Waals surface area contributed by atoms with Crippen molar-refractivity contribution in [1.29, 1.82) is 0 Å². The van der Waals surface area contributed by atoms with E-state index in [0.717, 1.165) is 5.56 Å². The van der Waals surface area contributed by atoms with E-state index in [1.165, 1.54) is 0 Å². The summed E-state index contributed by atoms with van der Waals surface area (Å²) in [6.07, 6.45) is -0.298. The van der Waals surface area contributed by atoms with Gasteiger partial charge in [-0.2, -0.15) is 0 Å². The molecule has 0 spiro atoms. The minimum absolute atomic E-state index is 0.0105. The van der Waals surface area contributed by atoms with E-state index in [1.54, 1.807) is 27.4 Å². The van der Waals surface area contributed by atoms with Crippen LogP contribution in [-0.2, 0) is 9.47 Å². The van der Waals surface area contributed by atoms with Crippen LogP contribution in [0, 0.1) is 0 Å². The highest BCUT2D eigenvalue weighted by atomic mass is 16.7. The van der Waals surface area contributed by atoms with Gasteiger partial charge in [0.1, 0.15) is 11.5 Å². The normalized spacial score (nSPS) is 12.7. The van der Waals surface area contributed by atoms with Gasteiger partial charge in [-0.3, -0.25) is 0 Å². The molecule has 0 amide bonds. The van der Waals surface area contributed by atoms with E-state index in [1.807, 2.05) is 19.1 Å². The Kier molecular flexibility index (Phi) is 5.91. The fourth-order valence-corrected chi connectivity index (χ4v) is 1.66. The number of hydrogen-bond donors (Lipinski definition) is 2. The molecular weight excluding hydrogens is 234 g/mol. The molecular formula is C13H21NO4. The Balaban J connectivity index is 2.63. The van der Waals surface area contributed by atoms with Gasteiger partial charge in [0, 0.05) is 38.4 Å². The molecule has 0 saturated heterocycles. The summed E-state index contributed by atoms with van der Waals surface area (Å²) in [6, 6.07) is 5.24. The summed E-state index contributed by atoms with van der Waals surface area (Å²) in [5, 5.41) is 13.1. The van der Waals surface area contributed by atoms with Gasteiger partial charge in [-0.15, -0.1) is 0 Å². The summed E-state index contributed by atoms with van der Waals surface area (Å²) in [4.78, 5) is 0. The Morgan fingerprint density at radius 3 is 2.39 bits per heavy atom. The molecule has 0 heterocycles. The number of phenolic OH excluding ortho intramolecular Hbond substituents is 1. The van der Waals surface area contributed by atoms with Gasteiger partial charge in [-0.1, -0.05) is 6.07 Å². The third-order valence-corrected chi connectivity index (χ3v) is 2.82. The topological polar surface area (TPSA) is 60.0 Å². The SMILES string of the molecule is COc1ccc(C(C)NCC(OC)OC)c(O)c1. The molecule has 0 aromatic heterocycles. The second-order valence-electron chi connectivity index (χ2n) is 3.96. The highest BCUT2D eigenvalue weighted by molar-refractivity contribution is 5.41. The lowest BCUT2D eigenvalue weighted by molar-refractivity contribution is -0.0997. The number of ether oxygens (including phenoxy) is 3. The van der Waals surface area contributed by atoms with Crippen molar-refractivity contribution in [2.24, 2.45) is 0 Å². The molecule has 5 heteroatoms. The van der Waals surface area contributed by atoms with Crippen molar-refractivity contribution < 1.29 is 19.3 Å². The maximum atomic E-state index is 9.89. The zero-order valence-corrected chi connectivity index (χ0v) is 11.3. The van der Waals surface area contributed by atoms with Crippen molar-refractivity contribution in [3.05, 3.63) is 23.8 Å². The summed E-state index contributed by atoms with van der Waals surface area (Å²) < 4.78 is 15.2. The summed E-state index contributed by atoms with van der Waals surface area (Å²) in [5.74, 6) is 0.843. The molecule has 1 unspecified atom stereocenters. The summed E-state index contributed by atoms with van der Waals surface area (Å²) in [6.45, 7) is 2.50. The molecule has 1 atom stereocenters. The molecule has 1 aromatic carbocycles. The predicted molar refractivity (Wildman–Crippen MR) is 68.9 cm³/mol. The van der Waals surface area contributed by atoms with Crippen molar-refractivity contribution in [1.82, 2.24) is 5.32 Å². The minimum Gasteiger partial charge on any atom is -0.507 e. The van der Waals surface area contributed by atoms with Crippen LogP contribution >= 0.6 is 0 Å². The van der Waals surface area contributed by atoms with Crippen molar-refractivity contribution in [2.45, 2.75) is 19.3 Å². The fraction of sp³-hybridized carbons (Fsp3) is 0.538. The zero-order chi connectivity index (χ0) is 13.5. The average Bonchev–Trinajstić information content (AvgIpc) is 2.39. The second-order valence-corrected chi connectivity index (χ2v) is 3.96. The van der Waals surface area contributed by atoms with Crippen LogP contribution in [-0.4, -0.2) is 39.3 Å². The molecule has 0 aliphatic carbocycles. The number of nitrogens with one attached hydrogen (secondary N) is 1. The molecule has 2 N–H and O–H groups in total. The van der Waals surface area contributed by atoms with Crippen LogP contribution in [0.1, 0.15) is 18.5 Å². The van der Waals surface area contributed by atoms with E-state index in [4.69, 9.17) is 14.2 Å². The Labute approximate surface area is 108 Å². The fourth-order valence-electron chi connectivity index (χ4n) is 1.66. The third kappa shape index (κ3) is 3.87. The Bertz CT molecular complexity index is 366. The molecule has 1 rings (SSSR count). The Morgan fingerprint density at radius 2 is 1.89 bits per heavy atom. The summed E-state index contributed by atoms with van der Waals surface area (Å²) >= 11 is 0. The van der Waals surface area contributed by atoms with Gasteiger partial charge in [0.25, 0.3) is 0 Å². The Hall–Kier alpha value is -1.30. The predicted octanol–water partition coefficient (Wildman–Crippen LogP) is 1.67. The van der Waals surface area contributed by atoms with E-state index in [-0.39, 0.29) is 18.1 Å². The highest BCUT2D eigenvalue weighted by Gasteiger charge is 2.13. The van der Waals surface area contributed by atoms with Crippen molar-refractivity contribution in [3.63, 3.8) is 0 Å². The summed E-state index contributed by atoms with van der Waals surface area (Å²) in [5.41, 5.74) is 0.807. The molecule has 0 saturated carbocycles. The molecule has 5 nitrogen and oxygen atoms in total. The molecule has 0 fully saturated rings. The van der Waals surface area contributed by atoms with Crippen LogP contribution in [0.3, 0.4) is 0 Å². The molecule has 1 aromatic rings. The van der Waals surface area contributed by atoms with Gasteiger partial charge >= 0.3 is 0 Å².